The smallest absolute Gasteiger partial charge is 0.345 e. The fourth-order valence-electron chi connectivity index (χ4n) is 1.79. The van der Waals surface area contributed by atoms with Crippen LogP contribution in [-0.4, -0.2) is 5.97 Å². The summed E-state index contributed by atoms with van der Waals surface area (Å²) >= 11 is 11.7. The van der Waals surface area contributed by atoms with Gasteiger partial charge in [0.2, 0.25) is 0 Å². The van der Waals surface area contributed by atoms with Crippen molar-refractivity contribution < 1.29 is 9.08 Å². The van der Waals surface area contributed by atoms with Crippen LogP contribution in [0.3, 0.4) is 0 Å². The van der Waals surface area contributed by atoms with Crippen LogP contribution in [0.4, 0.5) is 0 Å². The van der Waals surface area contributed by atoms with Gasteiger partial charge in [0, 0.05) is 0 Å². The molecule has 0 aromatic heterocycles. The molecule has 0 N–H and O–H groups in total. The monoisotopic (exact) mass is 308 g/mol. The second kappa shape index (κ2) is 7.73. The van der Waals surface area contributed by atoms with Crippen LogP contribution in [0.15, 0.2) is 73.8 Å². The van der Waals surface area contributed by atoms with E-state index in [0.29, 0.717) is 11.1 Å². The number of alkyl halides is 1. The number of hydrogen-bond donors (Lipinski definition) is 0. The maximum absolute atomic E-state index is 11.9. The summed E-state index contributed by atoms with van der Waals surface area (Å²) in [6, 6.07) is 17.9. The summed E-state index contributed by atoms with van der Waals surface area (Å²) < 4.78 is 4.33. The van der Waals surface area contributed by atoms with Gasteiger partial charge in [-0.05, 0) is 11.1 Å². The molecular weight excluding hydrogens is 295 g/mol. The summed E-state index contributed by atoms with van der Waals surface area (Å²) in [5, 5.41) is 0. The normalized spacial score (nSPS) is 10.1. The van der Waals surface area contributed by atoms with Gasteiger partial charge in [0.05, 0.1) is 0 Å². The Morgan fingerprint density at radius 2 is 1.25 bits per heavy atom. The first-order chi connectivity index (χ1) is 9.69. The third-order valence-corrected chi connectivity index (χ3v) is 3.43. The minimum absolute atomic E-state index is 0.614. The Labute approximate surface area is 128 Å². The fraction of sp³-hybridized carbons (Fsp3) is 0.0625. The lowest BCUT2D eigenvalue weighted by atomic mass is 9.90. The lowest BCUT2D eigenvalue weighted by molar-refractivity contribution is -0.136. The average molecular weight is 309 g/mol. The lowest BCUT2D eigenvalue weighted by Gasteiger charge is -2.24. The Hall–Kier alpha value is -1.77. The van der Waals surface area contributed by atoms with Gasteiger partial charge < -0.3 is 4.29 Å². The first-order valence-electron chi connectivity index (χ1n) is 5.82. The fourth-order valence-corrected chi connectivity index (χ4v) is 2.24. The molecule has 0 unspecified atom stereocenters. The largest absolute Gasteiger partial charge is 0.354 e. The van der Waals surface area contributed by atoms with Crippen molar-refractivity contribution in [3.05, 3.63) is 84.9 Å². The molecular formula is C16H14Cl2O2. The van der Waals surface area contributed by atoms with E-state index in [4.69, 9.17) is 23.5 Å². The number of benzene rings is 2. The van der Waals surface area contributed by atoms with E-state index in [9.17, 15) is 4.79 Å². The molecule has 2 rings (SSSR count). The number of halogens is 2. The SMILES string of the molecule is C=C.O=C(OCl)C(Cl)(c1ccccc1)c1ccccc1. The van der Waals surface area contributed by atoms with Gasteiger partial charge in [0.15, 0.2) is 4.87 Å². The predicted molar refractivity (Wildman–Crippen MR) is 82.7 cm³/mol. The summed E-state index contributed by atoms with van der Waals surface area (Å²) in [7, 11) is 0. The number of rotatable bonds is 3. The Balaban J connectivity index is 0.000000956. The van der Waals surface area contributed by atoms with E-state index in [0.717, 1.165) is 0 Å². The van der Waals surface area contributed by atoms with E-state index in [-0.39, 0.29) is 0 Å². The van der Waals surface area contributed by atoms with E-state index < -0.39 is 10.8 Å². The molecule has 0 amide bonds. The lowest BCUT2D eigenvalue weighted by Crippen LogP contribution is -2.31. The number of carbonyl (C=O) groups is 1. The Bertz CT molecular complexity index is 501. The molecule has 0 fully saturated rings. The van der Waals surface area contributed by atoms with Crippen LogP contribution in [-0.2, 0) is 14.0 Å². The van der Waals surface area contributed by atoms with Crippen molar-refractivity contribution in [3.8, 4) is 0 Å². The van der Waals surface area contributed by atoms with Gasteiger partial charge in [-0.1, -0.05) is 72.3 Å². The maximum Gasteiger partial charge on any atom is 0.354 e. The predicted octanol–water partition coefficient (Wildman–Crippen LogP) is 4.67. The van der Waals surface area contributed by atoms with Crippen LogP contribution < -0.4 is 0 Å². The van der Waals surface area contributed by atoms with Crippen molar-refractivity contribution in [2.45, 2.75) is 4.87 Å². The summed E-state index contributed by atoms with van der Waals surface area (Å²) in [6.45, 7) is 6.00. The number of carbonyl (C=O) groups excluding carboxylic acids is 1. The van der Waals surface area contributed by atoms with Gasteiger partial charge in [-0.2, -0.15) is 0 Å². The topological polar surface area (TPSA) is 26.3 Å². The van der Waals surface area contributed by atoms with Crippen LogP contribution in [0.25, 0.3) is 0 Å². The molecule has 4 heteroatoms. The summed E-state index contributed by atoms with van der Waals surface area (Å²) in [5.41, 5.74) is 1.23. The van der Waals surface area contributed by atoms with E-state index in [1.807, 2.05) is 12.1 Å². The minimum atomic E-state index is -1.43. The van der Waals surface area contributed by atoms with Crippen LogP contribution in [0, 0.1) is 0 Å². The van der Waals surface area contributed by atoms with Crippen molar-refractivity contribution in [3.63, 3.8) is 0 Å². The molecule has 0 aliphatic heterocycles. The van der Waals surface area contributed by atoms with Crippen molar-refractivity contribution in [1.82, 2.24) is 0 Å². The first-order valence-corrected chi connectivity index (χ1v) is 6.51. The number of hydrogen-bond acceptors (Lipinski definition) is 2. The molecule has 104 valence electrons. The molecule has 0 spiro atoms. The van der Waals surface area contributed by atoms with Crippen molar-refractivity contribution in [1.29, 1.82) is 0 Å². The Morgan fingerprint density at radius 3 is 1.55 bits per heavy atom. The van der Waals surface area contributed by atoms with Crippen LogP contribution in [0.2, 0.25) is 0 Å². The van der Waals surface area contributed by atoms with Gasteiger partial charge in [-0.3, -0.25) is 0 Å². The van der Waals surface area contributed by atoms with Gasteiger partial charge in [0.1, 0.15) is 11.9 Å². The molecule has 2 aromatic carbocycles. The summed E-state index contributed by atoms with van der Waals surface area (Å²) in [4.78, 5) is 10.5. The van der Waals surface area contributed by atoms with E-state index >= 15 is 0 Å². The third kappa shape index (κ3) is 3.21. The van der Waals surface area contributed by atoms with Gasteiger partial charge >= 0.3 is 5.97 Å². The molecule has 0 aliphatic rings. The van der Waals surface area contributed by atoms with E-state index in [1.165, 1.54) is 0 Å². The first kappa shape index (κ1) is 16.3. The van der Waals surface area contributed by atoms with Gasteiger partial charge in [0.25, 0.3) is 0 Å². The van der Waals surface area contributed by atoms with Crippen molar-refractivity contribution in [2.24, 2.45) is 0 Å². The molecule has 0 radical (unpaired) electrons. The maximum atomic E-state index is 11.9. The standard InChI is InChI=1S/C14H10Cl2O2.C2H4/c15-14(13(17)18-16,11-7-3-1-4-8-11)12-9-5-2-6-10-12;1-2/h1-10H;1-2H2. The highest BCUT2D eigenvalue weighted by atomic mass is 35.5. The van der Waals surface area contributed by atoms with Crippen LogP contribution >= 0.6 is 23.5 Å². The molecule has 0 aliphatic carbocycles. The zero-order valence-corrected chi connectivity index (χ0v) is 12.3. The molecule has 0 bridgehead atoms. The molecule has 2 aromatic rings. The third-order valence-electron chi connectivity index (χ3n) is 2.69. The minimum Gasteiger partial charge on any atom is -0.345 e. The highest BCUT2D eigenvalue weighted by Gasteiger charge is 2.41. The summed E-state index contributed by atoms with van der Waals surface area (Å²) in [6.07, 6.45) is 0. The highest BCUT2D eigenvalue weighted by molar-refractivity contribution is 6.37. The van der Waals surface area contributed by atoms with Crippen LogP contribution in [0.1, 0.15) is 11.1 Å². The average Bonchev–Trinajstić information content (AvgIpc) is 2.56. The van der Waals surface area contributed by atoms with Crippen molar-refractivity contribution in [2.75, 3.05) is 0 Å². The molecule has 0 heterocycles. The van der Waals surface area contributed by atoms with Crippen molar-refractivity contribution >= 4 is 29.4 Å². The molecule has 0 saturated heterocycles. The molecule has 0 saturated carbocycles. The second-order valence-electron chi connectivity index (χ2n) is 3.76. The molecule has 0 atom stereocenters. The van der Waals surface area contributed by atoms with Gasteiger partial charge in [-0.15, -0.1) is 13.2 Å². The zero-order valence-electron chi connectivity index (χ0n) is 10.8. The Kier molecular flexibility index (Phi) is 6.29. The zero-order chi connectivity index (χ0) is 15.0. The van der Waals surface area contributed by atoms with E-state index in [2.05, 4.69) is 17.4 Å². The Morgan fingerprint density at radius 1 is 0.900 bits per heavy atom. The van der Waals surface area contributed by atoms with Gasteiger partial charge in [-0.25, -0.2) is 4.79 Å². The quantitative estimate of drug-likeness (QED) is 0.608. The molecule has 20 heavy (non-hydrogen) atoms. The van der Waals surface area contributed by atoms with E-state index in [1.54, 1.807) is 48.5 Å². The second-order valence-corrected chi connectivity index (χ2v) is 4.48. The van der Waals surface area contributed by atoms with Crippen LogP contribution in [0.5, 0.6) is 0 Å². The highest BCUT2D eigenvalue weighted by Crippen LogP contribution is 2.38. The summed E-state index contributed by atoms with van der Waals surface area (Å²) in [5.74, 6) is -0.719. The molecule has 2 nitrogen and oxygen atoms in total.